The van der Waals surface area contributed by atoms with E-state index in [9.17, 15) is 18.0 Å². The Morgan fingerprint density at radius 1 is 0.963 bits per heavy atom. The summed E-state index contributed by atoms with van der Waals surface area (Å²) in [6.45, 7) is 0. The molecule has 2 aromatic heterocycles. The van der Waals surface area contributed by atoms with Gasteiger partial charge in [0.05, 0.1) is 25.0 Å². The highest BCUT2D eigenvalue weighted by Crippen LogP contribution is 2.32. The van der Waals surface area contributed by atoms with Crippen molar-refractivity contribution in [2.24, 2.45) is 0 Å². The minimum Gasteiger partial charge on any atom is -0.313 e. The van der Waals surface area contributed by atoms with Crippen molar-refractivity contribution in [1.29, 1.82) is 0 Å². The van der Waals surface area contributed by atoms with Crippen molar-refractivity contribution < 1.29 is 13.2 Å². The summed E-state index contributed by atoms with van der Waals surface area (Å²) in [6, 6.07) is 12.8. The summed E-state index contributed by atoms with van der Waals surface area (Å²) in [4.78, 5) is 19.3. The first-order valence-electron chi connectivity index (χ1n) is 7.84. The van der Waals surface area contributed by atoms with Crippen LogP contribution in [-0.2, 0) is 6.18 Å². The van der Waals surface area contributed by atoms with Crippen LogP contribution in [0, 0.1) is 0 Å². The largest absolute Gasteiger partial charge is 0.416 e. The number of aromatic nitrogens is 2. The Kier molecular flexibility index (Phi) is 4.45. The molecule has 2 heterocycles. The van der Waals surface area contributed by atoms with Crippen LogP contribution in [0.25, 0.3) is 22.4 Å². The van der Waals surface area contributed by atoms with Crippen LogP contribution in [0.4, 0.5) is 13.2 Å². The van der Waals surface area contributed by atoms with E-state index in [1.165, 1.54) is 35.6 Å². The van der Waals surface area contributed by atoms with Gasteiger partial charge in [0.25, 0.3) is 5.56 Å². The molecule has 4 aromatic rings. The zero-order valence-corrected chi connectivity index (χ0v) is 15.2. The van der Waals surface area contributed by atoms with Gasteiger partial charge >= 0.3 is 6.18 Å². The Morgan fingerprint density at radius 3 is 2.48 bits per heavy atom. The molecule has 0 atom stereocenters. The molecule has 0 saturated carbocycles. The van der Waals surface area contributed by atoms with E-state index in [2.05, 4.69) is 9.97 Å². The highest BCUT2D eigenvalue weighted by molar-refractivity contribution is 7.19. The van der Waals surface area contributed by atoms with E-state index in [0.717, 1.165) is 32.6 Å². The molecule has 136 valence electrons. The lowest BCUT2D eigenvalue weighted by atomic mass is 10.1. The molecule has 0 saturated heterocycles. The van der Waals surface area contributed by atoms with Crippen LogP contribution in [0.5, 0.6) is 0 Å². The maximum Gasteiger partial charge on any atom is 0.416 e. The van der Waals surface area contributed by atoms with E-state index in [-0.39, 0.29) is 10.1 Å². The van der Waals surface area contributed by atoms with E-state index in [1.54, 1.807) is 6.08 Å². The fraction of sp³-hybridized carbons (Fsp3) is 0.0526. The van der Waals surface area contributed by atoms with Gasteiger partial charge in [0.1, 0.15) is 5.01 Å². The van der Waals surface area contributed by atoms with Gasteiger partial charge in [0.2, 0.25) is 0 Å². The molecule has 0 radical (unpaired) electrons. The molecule has 0 aliphatic carbocycles. The fourth-order valence-electron chi connectivity index (χ4n) is 2.61. The number of benzene rings is 2. The number of para-hydroxylation sites is 1. The lowest BCUT2D eigenvalue weighted by Gasteiger charge is -2.09. The average Bonchev–Trinajstić information content (AvgIpc) is 3.17. The average molecular weight is 404 g/mol. The van der Waals surface area contributed by atoms with Crippen molar-refractivity contribution in [3.05, 3.63) is 84.2 Å². The van der Waals surface area contributed by atoms with Gasteiger partial charge in [-0.25, -0.2) is 4.98 Å². The van der Waals surface area contributed by atoms with Crippen molar-refractivity contribution >= 4 is 45.0 Å². The zero-order valence-electron chi connectivity index (χ0n) is 13.6. The summed E-state index contributed by atoms with van der Waals surface area (Å²) in [6.07, 6.45) is -1.49. The van der Waals surface area contributed by atoms with E-state index < -0.39 is 17.3 Å². The summed E-state index contributed by atoms with van der Waals surface area (Å²) in [7, 11) is 0. The van der Waals surface area contributed by atoms with Crippen molar-refractivity contribution in [2.45, 2.75) is 6.18 Å². The Labute approximate surface area is 158 Å². The lowest BCUT2D eigenvalue weighted by Crippen LogP contribution is -2.20. The molecule has 3 nitrogen and oxygen atoms in total. The molecule has 27 heavy (non-hydrogen) atoms. The Hall–Kier alpha value is -2.71. The van der Waals surface area contributed by atoms with Crippen molar-refractivity contribution in [1.82, 2.24) is 9.97 Å². The summed E-state index contributed by atoms with van der Waals surface area (Å²) in [5.41, 5.74) is -0.374. The molecule has 0 fully saturated rings. The normalized spacial score (nSPS) is 13.6. The fourth-order valence-corrected chi connectivity index (χ4v) is 4.48. The second-order valence-electron chi connectivity index (χ2n) is 5.68. The molecular formula is C19H11F3N2OS2. The Balaban J connectivity index is 1.81. The topological polar surface area (TPSA) is 45.8 Å². The minimum absolute atomic E-state index is 0.0381. The first-order valence-corrected chi connectivity index (χ1v) is 9.48. The molecule has 1 N–H and O–H groups in total. The number of hydrogen-bond acceptors (Lipinski definition) is 4. The predicted octanol–water partition coefficient (Wildman–Crippen LogP) is 3.72. The van der Waals surface area contributed by atoms with Crippen molar-refractivity contribution in [3.63, 3.8) is 0 Å². The number of nitrogens with one attached hydrogen (secondary N) is 1. The lowest BCUT2D eigenvalue weighted by molar-refractivity contribution is -0.137. The third kappa shape index (κ3) is 3.72. The van der Waals surface area contributed by atoms with Gasteiger partial charge in [-0.05, 0) is 29.8 Å². The molecule has 0 unspecified atom stereocenters. The Morgan fingerprint density at radius 2 is 1.70 bits per heavy atom. The molecule has 0 bridgehead atoms. The van der Waals surface area contributed by atoms with Crippen molar-refractivity contribution in [2.75, 3.05) is 0 Å². The van der Waals surface area contributed by atoms with Gasteiger partial charge in [-0.15, -0.1) is 22.7 Å². The molecule has 0 aliphatic heterocycles. The number of hydrogen-bond donors (Lipinski definition) is 1. The van der Waals surface area contributed by atoms with Crippen LogP contribution in [0.15, 0.2) is 53.3 Å². The van der Waals surface area contributed by atoms with Gasteiger partial charge in [-0.3, -0.25) is 4.79 Å². The molecule has 0 spiro atoms. The van der Waals surface area contributed by atoms with E-state index in [1.807, 2.05) is 24.3 Å². The predicted molar refractivity (Wildman–Crippen MR) is 102 cm³/mol. The first kappa shape index (κ1) is 17.7. The standard InChI is InChI=1S/C19H11F3N2OS2/c20-19(21,22)12-6-2-1-5-11(12)9-15-18(25)24-17(27-15)10-16-23-13-7-3-4-8-14(13)26-16/h1-10H,(H,24,25)/b15-9-,17-10+. The monoisotopic (exact) mass is 404 g/mol. The minimum atomic E-state index is -4.48. The van der Waals surface area contributed by atoms with Crippen LogP contribution >= 0.6 is 22.7 Å². The second kappa shape index (κ2) is 6.79. The number of alkyl halides is 3. The van der Waals surface area contributed by atoms with Gasteiger partial charge in [0.15, 0.2) is 0 Å². The number of fused-ring (bicyclic) bond motifs is 1. The van der Waals surface area contributed by atoms with Crippen LogP contribution in [0.2, 0.25) is 0 Å². The quantitative estimate of drug-likeness (QED) is 0.554. The van der Waals surface area contributed by atoms with Crippen LogP contribution in [-0.4, -0.2) is 9.97 Å². The number of thiazole rings is 2. The van der Waals surface area contributed by atoms with Crippen molar-refractivity contribution in [3.8, 4) is 0 Å². The number of nitrogens with zero attached hydrogens (tertiary/aromatic N) is 1. The summed E-state index contributed by atoms with van der Waals surface area (Å²) < 4.78 is 41.2. The maximum atomic E-state index is 13.1. The van der Waals surface area contributed by atoms with Gasteiger partial charge in [-0.1, -0.05) is 30.3 Å². The second-order valence-corrected chi connectivity index (χ2v) is 7.82. The molecule has 4 rings (SSSR count). The Bertz CT molecular complexity index is 1270. The summed E-state index contributed by atoms with van der Waals surface area (Å²) in [5, 5.41) is 0.718. The third-order valence-corrected chi connectivity index (χ3v) is 5.74. The zero-order chi connectivity index (χ0) is 19.0. The highest BCUT2D eigenvalue weighted by atomic mass is 32.1. The SMILES string of the molecule is O=c1[nH]/c(=C\c2nc3ccccc3s2)s/c1=C\c1ccccc1C(F)(F)F. The number of aromatic amines is 1. The van der Waals surface area contributed by atoms with Gasteiger partial charge in [-0.2, -0.15) is 13.2 Å². The van der Waals surface area contributed by atoms with Crippen LogP contribution < -0.4 is 14.8 Å². The first-order chi connectivity index (χ1) is 12.9. The molecular weight excluding hydrogens is 393 g/mol. The number of H-pyrrole nitrogens is 1. The van der Waals surface area contributed by atoms with E-state index in [4.69, 9.17) is 0 Å². The molecule has 8 heteroatoms. The van der Waals surface area contributed by atoms with E-state index in [0.29, 0.717) is 4.66 Å². The van der Waals surface area contributed by atoms with Gasteiger partial charge in [0, 0.05) is 6.08 Å². The smallest absolute Gasteiger partial charge is 0.313 e. The maximum absolute atomic E-state index is 13.1. The van der Waals surface area contributed by atoms with Gasteiger partial charge < -0.3 is 4.98 Å². The molecule has 0 aliphatic rings. The molecule has 2 aromatic carbocycles. The summed E-state index contributed by atoms with van der Waals surface area (Å²) >= 11 is 2.57. The van der Waals surface area contributed by atoms with E-state index >= 15 is 0 Å². The number of rotatable bonds is 2. The third-order valence-electron chi connectivity index (χ3n) is 3.80. The number of halogens is 3. The van der Waals surface area contributed by atoms with Crippen LogP contribution in [0.3, 0.4) is 0 Å². The van der Waals surface area contributed by atoms with Crippen LogP contribution in [0.1, 0.15) is 16.1 Å². The summed E-state index contributed by atoms with van der Waals surface area (Å²) in [5.74, 6) is 0. The highest BCUT2D eigenvalue weighted by Gasteiger charge is 2.32. The molecule has 0 amide bonds.